The van der Waals surface area contributed by atoms with Crippen LogP contribution in [0.1, 0.15) is 67.3 Å². The molecule has 1 atom stereocenters. The number of hydrogen-bond donors (Lipinski definition) is 2. The van der Waals surface area contributed by atoms with Crippen LogP contribution >= 0.6 is 0 Å². The van der Waals surface area contributed by atoms with Crippen molar-refractivity contribution in [2.45, 2.75) is 57.0 Å². The van der Waals surface area contributed by atoms with Crippen LogP contribution in [0.5, 0.6) is 23.0 Å². The molecule has 10 nitrogen and oxygen atoms in total. The van der Waals surface area contributed by atoms with Crippen molar-refractivity contribution in [1.82, 2.24) is 4.72 Å². The molecule has 1 aliphatic heterocycles. The van der Waals surface area contributed by atoms with Gasteiger partial charge >= 0.3 is 0 Å². The Kier molecular flexibility index (Phi) is 8.48. The first-order valence-electron chi connectivity index (χ1n) is 13.1. The van der Waals surface area contributed by atoms with E-state index in [9.17, 15) is 18.0 Å². The number of primary amides is 1. The molecule has 0 saturated heterocycles. The van der Waals surface area contributed by atoms with Gasteiger partial charge in [0.2, 0.25) is 18.6 Å². The summed E-state index contributed by atoms with van der Waals surface area (Å²) in [6, 6.07) is 14.1. The lowest BCUT2D eigenvalue weighted by Gasteiger charge is -2.20. The monoisotopic (exact) mass is 582 g/mol. The number of sulfonamides is 1. The average molecular weight is 583 g/mol. The molecular weight excluding hydrogens is 548 g/mol. The number of fused-ring (bicyclic) bond motifs is 1. The number of amides is 2. The highest BCUT2D eigenvalue weighted by atomic mass is 32.2. The summed E-state index contributed by atoms with van der Waals surface area (Å²) in [5, 5.41) is 0. The summed E-state index contributed by atoms with van der Waals surface area (Å²) in [7, 11) is -2.65. The molecular formula is C30H34N2O8S. The average Bonchev–Trinajstić information content (AvgIpc) is 3.40. The Morgan fingerprint density at radius 2 is 1.73 bits per heavy atom. The van der Waals surface area contributed by atoms with Crippen molar-refractivity contribution in [3.05, 3.63) is 76.9 Å². The van der Waals surface area contributed by atoms with Crippen LogP contribution in [0, 0.1) is 0 Å². The quantitative estimate of drug-likeness (QED) is 0.358. The van der Waals surface area contributed by atoms with Gasteiger partial charge in [-0.25, -0.2) is 13.1 Å². The van der Waals surface area contributed by atoms with E-state index >= 15 is 0 Å². The zero-order chi connectivity index (χ0) is 29.9. The van der Waals surface area contributed by atoms with Crippen molar-refractivity contribution in [1.29, 1.82) is 0 Å². The topological polar surface area (TPSA) is 143 Å². The predicted molar refractivity (Wildman–Crippen MR) is 152 cm³/mol. The Hall–Kier alpha value is -4.25. The van der Waals surface area contributed by atoms with Crippen LogP contribution in [-0.4, -0.2) is 34.1 Å². The summed E-state index contributed by atoms with van der Waals surface area (Å²) < 4.78 is 50.3. The normalized spacial score (nSPS) is 13.4. The fourth-order valence-electron chi connectivity index (χ4n) is 4.39. The van der Waals surface area contributed by atoms with Crippen molar-refractivity contribution in [3.8, 4) is 23.0 Å². The molecule has 2 amide bonds. The van der Waals surface area contributed by atoms with Crippen LogP contribution in [0.2, 0.25) is 0 Å². The van der Waals surface area contributed by atoms with Crippen molar-refractivity contribution in [2.75, 3.05) is 13.9 Å². The van der Waals surface area contributed by atoms with Gasteiger partial charge in [0.25, 0.3) is 21.8 Å². The van der Waals surface area contributed by atoms with E-state index in [-0.39, 0.29) is 22.7 Å². The number of aryl methyl sites for hydroxylation is 1. The van der Waals surface area contributed by atoms with E-state index in [1.54, 1.807) is 30.3 Å². The number of carbonyl (C=O) groups excluding carboxylic acids is 2. The maximum atomic E-state index is 13.0. The number of rotatable bonds is 10. The fraction of sp³-hybridized carbons (Fsp3) is 0.333. The van der Waals surface area contributed by atoms with E-state index in [1.807, 2.05) is 27.7 Å². The maximum Gasteiger partial charge on any atom is 0.265 e. The summed E-state index contributed by atoms with van der Waals surface area (Å²) in [5.74, 6) is -0.0465. The van der Waals surface area contributed by atoms with Crippen LogP contribution < -0.4 is 29.4 Å². The van der Waals surface area contributed by atoms with Crippen molar-refractivity contribution in [3.63, 3.8) is 0 Å². The van der Waals surface area contributed by atoms with Gasteiger partial charge in [0.05, 0.1) is 12.0 Å². The molecule has 3 aromatic carbocycles. The molecule has 0 fully saturated rings. The van der Waals surface area contributed by atoms with Crippen molar-refractivity contribution in [2.24, 2.45) is 5.73 Å². The van der Waals surface area contributed by atoms with Crippen LogP contribution in [0.3, 0.4) is 0 Å². The Labute approximate surface area is 239 Å². The summed E-state index contributed by atoms with van der Waals surface area (Å²) in [4.78, 5) is 25.5. The summed E-state index contributed by atoms with van der Waals surface area (Å²) in [6.45, 7) is 8.03. The van der Waals surface area contributed by atoms with E-state index < -0.39 is 27.9 Å². The van der Waals surface area contributed by atoms with Gasteiger partial charge in [-0.15, -0.1) is 0 Å². The molecule has 0 radical (unpaired) electrons. The lowest BCUT2D eigenvalue weighted by Crippen LogP contribution is -2.31. The molecule has 0 aromatic heterocycles. The molecule has 0 bridgehead atoms. The van der Waals surface area contributed by atoms with Gasteiger partial charge in [-0.1, -0.05) is 46.2 Å². The second-order valence-electron chi connectivity index (χ2n) is 10.6. The van der Waals surface area contributed by atoms with Crippen molar-refractivity contribution >= 4 is 21.8 Å². The first kappa shape index (κ1) is 29.7. The molecule has 0 saturated carbocycles. The van der Waals surface area contributed by atoms with Gasteiger partial charge in [0.1, 0.15) is 5.75 Å². The van der Waals surface area contributed by atoms with Crippen LogP contribution in [0.4, 0.5) is 0 Å². The molecule has 4 rings (SSSR count). The van der Waals surface area contributed by atoms with E-state index in [0.29, 0.717) is 47.0 Å². The SMILES string of the molecule is CCCc1cc(C(=O)NS(=O)(=O)c2ccc(C(C)(C)C)cc2)ccc1OC(C(N)=O)c1cc(OC)c2c(c1)OCO2. The van der Waals surface area contributed by atoms with Crippen LogP contribution in [-0.2, 0) is 26.7 Å². The van der Waals surface area contributed by atoms with Gasteiger partial charge in [0, 0.05) is 11.1 Å². The molecule has 0 aliphatic carbocycles. The van der Waals surface area contributed by atoms with Crippen LogP contribution in [0.25, 0.3) is 0 Å². The third kappa shape index (κ3) is 6.57. The molecule has 41 heavy (non-hydrogen) atoms. The highest BCUT2D eigenvalue weighted by Gasteiger charge is 2.28. The Morgan fingerprint density at radius 1 is 1.02 bits per heavy atom. The molecule has 1 unspecified atom stereocenters. The summed E-state index contributed by atoms with van der Waals surface area (Å²) in [5.41, 5.74) is 7.65. The lowest BCUT2D eigenvalue weighted by molar-refractivity contribution is -0.125. The number of benzene rings is 3. The number of carbonyl (C=O) groups is 2. The van der Waals surface area contributed by atoms with E-state index in [0.717, 1.165) is 5.56 Å². The number of methoxy groups -OCH3 is 1. The maximum absolute atomic E-state index is 13.0. The Morgan fingerprint density at radius 3 is 2.34 bits per heavy atom. The predicted octanol–water partition coefficient (Wildman–Crippen LogP) is 4.40. The Bertz CT molecular complexity index is 1560. The number of ether oxygens (including phenoxy) is 4. The zero-order valence-corrected chi connectivity index (χ0v) is 24.5. The highest BCUT2D eigenvalue weighted by Crippen LogP contribution is 2.43. The second kappa shape index (κ2) is 11.7. The minimum Gasteiger partial charge on any atom is -0.493 e. The molecule has 1 aliphatic rings. The summed E-state index contributed by atoms with van der Waals surface area (Å²) in [6.07, 6.45) is -0.0167. The second-order valence-corrected chi connectivity index (χ2v) is 12.3. The van der Waals surface area contributed by atoms with Gasteiger partial charge in [-0.05, 0) is 65.4 Å². The lowest BCUT2D eigenvalue weighted by atomic mass is 9.87. The molecule has 3 aromatic rings. The fourth-order valence-corrected chi connectivity index (χ4v) is 5.37. The Balaban J connectivity index is 1.59. The third-order valence-corrected chi connectivity index (χ3v) is 7.93. The highest BCUT2D eigenvalue weighted by molar-refractivity contribution is 7.90. The molecule has 3 N–H and O–H groups in total. The number of nitrogens with two attached hydrogens (primary N) is 1. The molecule has 11 heteroatoms. The summed E-state index contributed by atoms with van der Waals surface area (Å²) >= 11 is 0. The zero-order valence-electron chi connectivity index (χ0n) is 23.6. The van der Waals surface area contributed by atoms with Crippen LogP contribution in [0.15, 0.2) is 59.5 Å². The first-order chi connectivity index (χ1) is 19.3. The van der Waals surface area contributed by atoms with E-state index in [2.05, 4.69) is 4.72 Å². The van der Waals surface area contributed by atoms with E-state index in [1.165, 1.54) is 31.4 Å². The van der Waals surface area contributed by atoms with Gasteiger partial charge in [0.15, 0.2) is 11.5 Å². The van der Waals surface area contributed by atoms with Crippen molar-refractivity contribution < 1.29 is 37.0 Å². The molecule has 0 spiro atoms. The smallest absolute Gasteiger partial charge is 0.265 e. The largest absolute Gasteiger partial charge is 0.493 e. The first-order valence-corrected chi connectivity index (χ1v) is 14.6. The molecule has 218 valence electrons. The van der Waals surface area contributed by atoms with E-state index in [4.69, 9.17) is 24.7 Å². The standard InChI is InChI=1S/C30H34N2O8S/c1-6-7-18-14-19(29(34)32-41(35,36)22-11-9-21(10-12-22)30(2,3)4)8-13-23(18)40-26(28(31)33)20-15-24(37-5)27-25(16-20)38-17-39-27/h8-16,26H,6-7,17H2,1-5H3,(H2,31,33)(H,32,34). The number of nitrogens with one attached hydrogen (secondary N) is 1. The van der Waals surface area contributed by atoms with Gasteiger partial charge < -0.3 is 24.7 Å². The van der Waals surface area contributed by atoms with Gasteiger partial charge in [-0.2, -0.15) is 0 Å². The third-order valence-electron chi connectivity index (χ3n) is 6.59. The molecule has 1 heterocycles. The number of hydrogen-bond acceptors (Lipinski definition) is 8. The minimum absolute atomic E-state index is 0.0133. The minimum atomic E-state index is -4.11. The van der Waals surface area contributed by atoms with Gasteiger partial charge in [-0.3, -0.25) is 9.59 Å².